The number of aromatic nitrogens is 3. The van der Waals surface area contributed by atoms with Crippen molar-refractivity contribution in [3.8, 4) is 17.0 Å². The van der Waals surface area contributed by atoms with Gasteiger partial charge in [0.15, 0.2) is 29.0 Å². The second-order valence-corrected chi connectivity index (χ2v) is 10.0. The molecule has 238 valence electrons. The summed E-state index contributed by atoms with van der Waals surface area (Å²) < 4.78 is 35.7. The molecular formula is C30H36F2N10O3. The van der Waals surface area contributed by atoms with Crippen LogP contribution in [0.1, 0.15) is 35.7 Å². The predicted molar refractivity (Wildman–Crippen MR) is 167 cm³/mol. The fourth-order valence-electron chi connectivity index (χ4n) is 4.61. The van der Waals surface area contributed by atoms with Crippen LogP contribution in [0.3, 0.4) is 0 Å². The molecule has 2 amide bonds. The van der Waals surface area contributed by atoms with Crippen LogP contribution < -0.4 is 37.9 Å². The summed E-state index contributed by atoms with van der Waals surface area (Å²) in [4.78, 5) is 37.6. The number of carbonyl (C=O) groups is 2. The second kappa shape index (κ2) is 14.9. The average Bonchev–Trinajstić information content (AvgIpc) is 3.46. The molecule has 0 spiro atoms. The van der Waals surface area contributed by atoms with Crippen LogP contribution in [0, 0.1) is 11.6 Å². The number of aliphatic imine (C=N–C) groups is 1. The lowest BCUT2D eigenvalue weighted by Gasteiger charge is -2.13. The Morgan fingerprint density at radius 3 is 2.60 bits per heavy atom. The molecule has 0 fully saturated rings. The zero-order valence-corrected chi connectivity index (χ0v) is 24.9. The van der Waals surface area contributed by atoms with E-state index in [-0.39, 0.29) is 35.6 Å². The standard InChI is InChI=1S/C30H36F2N10O3/c1-3-17-15-18(5-6-19(17)28(43)37-10-4-11-38-29(44)21(33)9-12-39-30(34)35)41-26-27-40-16-22(42(27)14-13-36-26)20-7-8-23(45-2)25(32)24(20)31/h5-8,13-16,21H,3-4,9-12,33H2,1-2H3,(H,36,41)(H,37,43)(H,38,44)(H4,34,35,39)/t21-/m0/s1. The molecule has 2 aromatic carbocycles. The van der Waals surface area contributed by atoms with Gasteiger partial charge < -0.3 is 37.9 Å². The summed E-state index contributed by atoms with van der Waals surface area (Å²) in [5.41, 5.74) is 19.1. The number of nitrogens with one attached hydrogen (secondary N) is 3. The van der Waals surface area contributed by atoms with Crippen molar-refractivity contribution in [1.82, 2.24) is 25.0 Å². The fraction of sp³-hybridized carbons (Fsp3) is 0.300. The third-order valence-electron chi connectivity index (χ3n) is 6.97. The number of rotatable bonds is 14. The van der Waals surface area contributed by atoms with Crippen LogP contribution in [0.25, 0.3) is 16.9 Å². The molecule has 0 aliphatic carbocycles. The second-order valence-electron chi connectivity index (χ2n) is 10.0. The normalized spacial score (nSPS) is 11.6. The molecule has 0 aliphatic heterocycles. The number of imidazole rings is 1. The van der Waals surface area contributed by atoms with Crippen molar-refractivity contribution in [1.29, 1.82) is 0 Å². The molecule has 2 heterocycles. The highest BCUT2D eigenvalue weighted by Crippen LogP contribution is 2.31. The molecule has 0 saturated carbocycles. The Balaban J connectivity index is 1.37. The van der Waals surface area contributed by atoms with Crippen molar-refractivity contribution in [2.24, 2.45) is 22.2 Å². The predicted octanol–water partition coefficient (Wildman–Crippen LogP) is 2.22. The van der Waals surface area contributed by atoms with E-state index < -0.39 is 17.7 Å². The number of halogens is 2. The summed E-state index contributed by atoms with van der Waals surface area (Å²) in [6, 6.07) is 7.33. The topological polar surface area (TPSA) is 200 Å². The van der Waals surface area contributed by atoms with Crippen LogP contribution in [-0.2, 0) is 11.2 Å². The first-order valence-corrected chi connectivity index (χ1v) is 14.3. The fourth-order valence-corrected chi connectivity index (χ4v) is 4.61. The van der Waals surface area contributed by atoms with E-state index in [1.165, 1.54) is 31.6 Å². The van der Waals surface area contributed by atoms with E-state index in [0.29, 0.717) is 60.8 Å². The molecule has 2 aromatic heterocycles. The molecule has 0 unspecified atom stereocenters. The summed E-state index contributed by atoms with van der Waals surface area (Å²) in [5.74, 6) is -2.56. The highest BCUT2D eigenvalue weighted by Gasteiger charge is 2.20. The van der Waals surface area contributed by atoms with Gasteiger partial charge in [0.2, 0.25) is 11.7 Å². The van der Waals surface area contributed by atoms with Gasteiger partial charge in [-0.25, -0.2) is 14.4 Å². The van der Waals surface area contributed by atoms with Crippen molar-refractivity contribution in [3.05, 3.63) is 71.7 Å². The molecule has 0 radical (unpaired) electrons. The third-order valence-corrected chi connectivity index (χ3v) is 6.97. The number of ether oxygens (including phenoxy) is 1. The van der Waals surface area contributed by atoms with Crippen molar-refractivity contribution in [2.75, 3.05) is 32.1 Å². The number of nitrogens with two attached hydrogens (primary N) is 3. The number of nitrogens with zero attached hydrogens (tertiary/aromatic N) is 4. The van der Waals surface area contributed by atoms with E-state index in [4.69, 9.17) is 21.9 Å². The molecular weight excluding hydrogens is 586 g/mol. The van der Waals surface area contributed by atoms with Gasteiger partial charge in [-0.3, -0.25) is 19.0 Å². The molecule has 0 aliphatic rings. The van der Waals surface area contributed by atoms with Crippen LogP contribution in [0.15, 0.2) is 53.9 Å². The average molecular weight is 623 g/mol. The van der Waals surface area contributed by atoms with Gasteiger partial charge in [-0.2, -0.15) is 4.39 Å². The minimum absolute atomic E-state index is 0.0204. The monoisotopic (exact) mass is 622 g/mol. The highest BCUT2D eigenvalue weighted by atomic mass is 19.2. The van der Waals surface area contributed by atoms with Crippen molar-refractivity contribution >= 4 is 34.9 Å². The van der Waals surface area contributed by atoms with Gasteiger partial charge in [0.05, 0.1) is 25.0 Å². The Hall–Kier alpha value is -5.31. The molecule has 1 atom stereocenters. The van der Waals surface area contributed by atoms with E-state index >= 15 is 0 Å². The van der Waals surface area contributed by atoms with Crippen molar-refractivity contribution in [3.63, 3.8) is 0 Å². The van der Waals surface area contributed by atoms with Crippen molar-refractivity contribution in [2.45, 2.75) is 32.2 Å². The Morgan fingerprint density at radius 2 is 1.87 bits per heavy atom. The van der Waals surface area contributed by atoms with E-state index in [9.17, 15) is 18.4 Å². The number of hydrogen-bond donors (Lipinski definition) is 6. The van der Waals surface area contributed by atoms with E-state index in [1.807, 2.05) is 13.0 Å². The van der Waals surface area contributed by atoms with E-state index in [0.717, 1.165) is 5.56 Å². The molecule has 4 aromatic rings. The SMILES string of the molecule is CCc1cc(Nc2nccn3c(-c4ccc(OC)c(F)c4F)cnc23)ccc1C(=O)NCCCNC(=O)[C@@H](N)CCN=C(N)N. The zero-order chi connectivity index (χ0) is 32.5. The number of anilines is 2. The van der Waals surface area contributed by atoms with Gasteiger partial charge in [0.1, 0.15) is 0 Å². The van der Waals surface area contributed by atoms with Gasteiger partial charge in [-0.05, 0) is 55.2 Å². The van der Waals surface area contributed by atoms with Gasteiger partial charge in [-0.15, -0.1) is 0 Å². The highest BCUT2D eigenvalue weighted by molar-refractivity contribution is 5.96. The number of hydrogen-bond acceptors (Lipinski definition) is 8. The van der Waals surface area contributed by atoms with Crippen LogP contribution in [0.4, 0.5) is 20.3 Å². The minimum Gasteiger partial charge on any atom is -0.494 e. The van der Waals surface area contributed by atoms with E-state index in [2.05, 4.69) is 30.9 Å². The Bertz CT molecular complexity index is 1710. The zero-order valence-electron chi connectivity index (χ0n) is 24.9. The molecule has 45 heavy (non-hydrogen) atoms. The number of benzene rings is 2. The van der Waals surface area contributed by atoms with Gasteiger partial charge >= 0.3 is 0 Å². The number of amides is 2. The number of fused-ring (bicyclic) bond motifs is 1. The maximum absolute atomic E-state index is 14.8. The first kappa shape index (κ1) is 32.6. The minimum atomic E-state index is -1.09. The molecule has 13 nitrogen and oxygen atoms in total. The molecule has 15 heteroatoms. The summed E-state index contributed by atoms with van der Waals surface area (Å²) in [7, 11) is 1.27. The van der Waals surface area contributed by atoms with Gasteiger partial charge in [0, 0.05) is 48.8 Å². The molecule has 0 saturated heterocycles. The lowest BCUT2D eigenvalue weighted by molar-refractivity contribution is -0.122. The quantitative estimate of drug-likeness (QED) is 0.0693. The van der Waals surface area contributed by atoms with E-state index in [1.54, 1.807) is 22.7 Å². The van der Waals surface area contributed by atoms with Crippen LogP contribution in [0.5, 0.6) is 5.75 Å². The summed E-state index contributed by atoms with van der Waals surface area (Å²) in [6.07, 6.45) is 5.96. The first-order chi connectivity index (χ1) is 21.6. The Morgan fingerprint density at radius 1 is 1.09 bits per heavy atom. The molecule has 0 bridgehead atoms. The lowest BCUT2D eigenvalue weighted by Crippen LogP contribution is -2.42. The van der Waals surface area contributed by atoms with Gasteiger partial charge in [0.25, 0.3) is 5.91 Å². The van der Waals surface area contributed by atoms with Crippen molar-refractivity contribution < 1.29 is 23.1 Å². The summed E-state index contributed by atoms with van der Waals surface area (Å²) in [5, 5.41) is 8.82. The maximum Gasteiger partial charge on any atom is 0.251 e. The summed E-state index contributed by atoms with van der Waals surface area (Å²) >= 11 is 0. The van der Waals surface area contributed by atoms with Crippen LogP contribution in [0.2, 0.25) is 0 Å². The van der Waals surface area contributed by atoms with Crippen LogP contribution in [-0.4, -0.2) is 64.9 Å². The van der Waals surface area contributed by atoms with Gasteiger partial charge in [-0.1, -0.05) is 6.92 Å². The largest absolute Gasteiger partial charge is 0.494 e. The maximum atomic E-state index is 14.8. The first-order valence-electron chi connectivity index (χ1n) is 14.3. The Labute approximate surface area is 258 Å². The number of aryl methyl sites for hydroxylation is 1. The molecule has 9 N–H and O–H groups in total. The smallest absolute Gasteiger partial charge is 0.251 e. The third kappa shape index (κ3) is 7.80. The molecule has 4 rings (SSSR count). The number of guanidine groups is 1. The number of methoxy groups -OCH3 is 1. The number of carbonyl (C=O) groups excluding carboxylic acids is 2. The Kier molecular flexibility index (Phi) is 10.8. The van der Waals surface area contributed by atoms with Crippen LogP contribution >= 0.6 is 0 Å². The summed E-state index contributed by atoms with van der Waals surface area (Å²) in [6.45, 7) is 2.88. The lowest BCUT2D eigenvalue weighted by atomic mass is 10.0.